The molecule has 6 nitrogen and oxygen atoms in total. The molecule has 0 aliphatic rings. The van der Waals surface area contributed by atoms with Gasteiger partial charge in [0.05, 0.1) is 12.9 Å². The van der Waals surface area contributed by atoms with E-state index in [2.05, 4.69) is 15.5 Å². The number of ketones is 1. The Balaban J connectivity index is 1.80. The molecule has 3 aromatic rings. The summed E-state index contributed by atoms with van der Waals surface area (Å²) in [5.41, 5.74) is 3.63. The van der Waals surface area contributed by atoms with Crippen LogP contribution in [0, 0.1) is 13.8 Å². The highest BCUT2D eigenvalue weighted by atomic mass is 32.2. The Kier molecular flexibility index (Phi) is 5.14. The number of aryl methyl sites for hydroxylation is 2. The van der Waals surface area contributed by atoms with Crippen molar-refractivity contribution in [3.05, 3.63) is 59.2 Å². The number of carbonyl (C=O) groups is 1. The lowest BCUT2D eigenvalue weighted by Crippen LogP contribution is -2.06. The van der Waals surface area contributed by atoms with Crippen LogP contribution in [0.3, 0.4) is 0 Å². The molecule has 1 heterocycles. The first-order chi connectivity index (χ1) is 12.1. The van der Waals surface area contributed by atoms with E-state index in [-0.39, 0.29) is 11.5 Å². The molecule has 0 bridgehead atoms. The van der Waals surface area contributed by atoms with E-state index in [1.807, 2.05) is 56.3 Å². The number of hydrogen-bond donors (Lipinski definition) is 0. The third-order valence-electron chi connectivity index (χ3n) is 3.71. The number of methoxy groups -OCH3 is 1. The minimum absolute atomic E-state index is 0.0377. The van der Waals surface area contributed by atoms with Crippen LogP contribution in [-0.2, 0) is 0 Å². The summed E-state index contributed by atoms with van der Waals surface area (Å²) in [5.74, 6) is 0.970. The lowest BCUT2D eigenvalue weighted by molar-refractivity contribution is 0.102. The van der Waals surface area contributed by atoms with E-state index < -0.39 is 0 Å². The topological polar surface area (TPSA) is 69.9 Å². The van der Waals surface area contributed by atoms with E-state index in [1.54, 1.807) is 11.8 Å². The fourth-order valence-corrected chi connectivity index (χ4v) is 3.12. The highest BCUT2D eigenvalue weighted by Gasteiger charge is 2.15. The molecule has 0 aliphatic carbocycles. The van der Waals surface area contributed by atoms with Gasteiger partial charge in [0.2, 0.25) is 5.16 Å². The van der Waals surface area contributed by atoms with Gasteiger partial charge in [0.25, 0.3) is 0 Å². The number of benzene rings is 2. The first-order valence-electron chi connectivity index (χ1n) is 7.74. The van der Waals surface area contributed by atoms with E-state index in [9.17, 15) is 4.79 Å². The van der Waals surface area contributed by atoms with Gasteiger partial charge in [-0.25, -0.2) is 0 Å². The van der Waals surface area contributed by atoms with Crippen LogP contribution in [0.1, 0.15) is 21.5 Å². The molecule has 0 N–H and O–H groups in total. The third kappa shape index (κ3) is 3.88. The second kappa shape index (κ2) is 7.48. The molecule has 0 saturated carbocycles. The van der Waals surface area contributed by atoms with Crippen LogP contribution in [0.4, 0.5) is 0 Å². The molecular formula is C18H18N4O2S. The minimum atomic E-state index is 0.0377. The number of aromatic nitrogens is 4. The van der Waals surface area contributed by atoms with Crippen molar-refractivity contribution >= 4 is 17.5 Å². The first-order valence-corrected chi connectivity index (χ1v) is 8.73. The Hall–Kier alpha value is -2.67. The summed E-state index contributed by atoms with van der Waals surface area (Å²) in [6.07, 6.45) is 0. The molecule has 0 aliphatic heterocycles. The van der Waals surface area contributed by atoms with Crippen LogP contribution in [0.15, 0.2) is 47.6 Å². The average molecular weight is 354 g/mol. The molecule has 1 aromatic heterocycles. The molecule has 2 aromatic carbocycles. The van der Waals surface area contributed by atoms with Crippen molar-refractivity contribution in [3.63, 3.8) is 0 Å². The fourth-order valence-electron chi connectivity index (χ4n) is 2.34. The first kappa shape index (κ1) is 17.2. The van der Waals surface area contributed by atoms with Crippen molar-refractivity contribution in [3.8, 4) is 11.4 Å². The Morgan fingerprint density at radius 1 is 1.12 bits per heavy atom. The third-order valence-corrected chi connectivity index (χ3v) is 4.63. The van der Waals surface area contributed by atoms with Crippen molar-refractivity contribution in [2.45, 2.75) is 19.0 Å². The van der Waals surface area contributed by atoms with E-state index in [4.69, 9.17) is 4.74 Å². The van der Waals surface area contributed by atoms with Gasteiger partial charge in [0.15, 0.2) is 5.78 Å². The second-order valence-electron chi connectivity index (χ2n) is 5.63. The highest BCUT2D eigenvalue weighted by molar-refractivity contribution is 7.99. The zero-order valence-corrected chi connectivity index (χ0v) is 15.1. The van der Waals surface area contributed by atoms with E-state index in [0.717, 1.165) is 16.8 Å². The predicted molar refractivity (Wildman–Crippen MR) is 96.7 cm³/mol. The van der Waals surface area contributed by atoms with E-state index >= 15 is 0 Å². The maximum absolute atomic E-state index is 12.4. The molecule has 0 spiro atoms. The van der Waals surface area contributed by atoms with Crippen LogP contribution in [-0.4, -0.2) is 38.9 Å². The lowest BCUT2D eigenvalue weighted by atomic mass is 10.1. The van der Waals surface area contributed by atoms with Gasteiger partial charge >= 0.3 is 0 Å². The van der Waals surface area contributed by atoms with Gasteiger partial charge in [0, 0.05) is 5.56 Å². The quantitative estimate of drug-likeness (QED) is 0.500. The number of carbonyl (C=O) groups excluding carboxylic acids is 1. The number of ether oxygens (including phenoxy) is 1. The standard InChI is InChI=1S/C18H18N4O2S/c1-12-4-7-14(8-5-12)16(23)11-25-18-19-20-21-22(18)15-10-13(2)6-9-17(15)24-3/h4-10H,11H2,1-3H3. The number of thioether (sulfide) groups is 1. The molecular weight excluding hydrogens is 336 g/mol. The summed E-state index contributed by atoms with van der Waals surface area (Å²) in [6, 6.07) is 13.3. The van der Waals surface area contributed by atoms with E-state index in [0.29, 0.717) is 16.5 Å². The van der Waals surface area contributed by atoms with Crippen molar-refractivity contribution in [1.29, 1.82) is 0 Å². The summed E-state index contributed by atoms with van der Waals surface area (Å²) in [4.78, 5) is 12.4. The lowest BCUT2D eigenvalue weighted by Gasteiger charge is -2.10. The predicted octanol–water partition coefficient (Wildman–Crippen LogP) is 3.26. The molecule has 128 valence electrons. The minimum Gasteiger partial charge on any atom is -0.494 e. The Morgan fingerprint density at radius 2 is 1.84 bits per heavy atom. The number of rotatable bonds is 6. The molecule has 0 fully saturated rings. The number of tetrazole rings is 1. The van der Waals surface area contributed by atoms with Gasteiger partial charge in [-0.15, -0.1) is 5.10 Å². The van der Waals surface area contributed by atoms with Crippen LogP contribution < -0.4 is 4.74 Å². The van der Waals surface area contributed by atoms with Crippen LogP contribution in [0.2, 0.25) is 0 Å². The zero-order chi connectivity index (χ0) is 17.8. The van der Waals surface area contributed by atoms with Crippen molar-refractivity contribution < 1.29 is 9.53 Å². The summed E-state index contributed by atoms with van der Waals surface area (Å²) in [7, 11) is 1.60. The Bertz CT molecular complexity index is 890. The van der Waals surface area contributed by atoms with Gasteiger partial charge < -0.3 is 4.74 Å². The highest BCUT2D eigenvalue weighted by Crippen LogP contribution is 2.27. The van der Waals surface area contributed by atoms with Gasteiger partial charge in [0.1, 0.15) is 11.4 Å². The summed E-state index contributed by atoms with van der Waals surface area (Å²) in [6.45, 7) is 3.98. The molecule has 7 heteroatoms. The maximum Gasteiger partial charge on any atom is 0.214 e. The molecule has 0 radical (unpaired) electrons. The monoisotopic (exact) mass is 354 g/mol. The van der Waals surface area contributed by atoms with Crippen LogP contribution in [0.5, 0.6) is 5.75 Å². The van der Waals surface area contributed by atoms with Crippen molar-refractivity contribution in [2.24, 2.45) is 0 Å². The maximum atomic E-state index is 12.4. The molecule has 3 rings (SSSR count). The number of nitrogens with zero attached hydrogens (tertiary/aromatic N) is 4. The average Bonchev–Trinajstić information content (AvgIpc) is 3.08. The molecule has 25 heavy (non-hydrogen) atoms. The molecule has 0 saturated heterocycles. The van der Waals surface area contributed by atoms with Crippen LogP contribution in [0.25, 0.3) is 5.69 Å². The van der Waals surface area contributed by atoms with Gasteiger partial charge in [-0.05, 0) is 42.0 Å². The normalized spacial score (nSPS) is 10.7. The second-order valence-corrected chi connectivity index (χ2v) is 6.57. The van der Waals surface area contributed by atoms with Gasteiger partial charge in [-0.3, -0.25) is 4.79 Å². The number of hydrogen-bond acceptors (Lipinski definition) is 6. The van der Waals surface area contributed by atoms with Crippen molar-refractivity contribution in [1.82, 2.24) is 20.2 Å². The smallest absolute Gasteiger partial charge is 0.214 e. The SMILES string of the molecule is COc1ccc(C)cc1-n1nnnc1SCC(=O)c1ccc(C)cc1. The summed E-state index contributed by atoms with van der Waals surface area (Å²) < 4.78 is 6.99. The van der Waals surface area contributed by atoms with Crippen LogP contribution >= 0.6 is 11.8 Å². The van der Waals surface area contributed by atoms with Gasteiger partial charge in [-0.2, -0.15) is 4.68 Å². The number of Topliss-reactive ketones (excluding diaryl/α,β-unsaturated/α-hetero) is 1. The fraction of sp³-hybridized carbons (Fsp3) is 0.222. The molecule has 0 unspecified atom stereocenters. The van der Waals surface area contributed by atoms with Crippen molar-refractivity contribution in [2.75, 3.05) is 12.9 Å². The van der Waals surface area contributed by atoms with Gasteiger partial charge in [-0.1, -0.05) is 47.7 Å². The molecule has 0 atom stereocenters. The molecule has 0 amide bonds. The summed E-state index contributed by atoms with van der Waals surface area (Å²) >= 11 is 1.30. The Morgan fingerprint density at radius 3 is 2.56 bits per heavy atom. The Labute approximate surface area is 150 Å². The zero-order valence-electron chi connectivity index (χ0n) is 14.3. The van der Waals surface area contributed by atoms with E-state index in [1.165, 1.54) is 11.8 Å². The summed E-state index contributed by atoms with van der Waals surface area (Å²) in [5, 5.41) is 12.4. The largest absolute Gasteiger partial charge is 0.494 e.